The molecule has 0 spiro atoms. The van der Waals surface area contributed by atoms with Crippen LogP contribution >= 0.6 is 0 Å². The molecule has 0 fully saturated rings. The van der Waals surface area contributed by atoms with E-state index < -0.39 is 28.8 Å². The third-order valence-electron chi connectivity index (χ3n) is 2.67. The Morgan fingerprint density at radius 1 is 1.30 bits per heavy atom. The summed E-state index contributed by atoms with van der Waals surface area (Å²) in [6.07, 6.45) is -5.07. The summed E-state index contributed by atoms with van der Waals surface area (Å²) in [6.45, 7) is 1.27. The van der Waals surface area contributed by atoms with Gasteiger partial charge in [0.1, 0.15) is 11.6 Å². The van der Waals surface area contributed by atoms with Gasteiger partial charge in [0, 0.05) is 6.42 Å². The third-order valence-corrected chi connectivity index (χ3v) is 2.67. The van der Waals surface area contributed by atoms with E-state index in [1.807, 2.05) is 0 Å². The van der Waals surface area contributed by atoms with Crippen LogP contribution in [0.1, 0.15) is 22.6 Å². The maximum absolute atomic E-state index is 13.0. The molecule has 3 nitrogen and oxygen atoms in total. The van der Waals surface area contributed by atoms with Crippen LogP contribution in [0.15, 0.2) is 29.1 Å². The molecule has 2 aromatic rings. The van der Waals surface area contributed by atoms with Crippen molar-refractivity contribution < 1.29 is 17.6 Å². The highest BCUT2D eigenvalue weighted by atomic mass is 19.4. The molecule has 0 atom stereocenters. The van der Waals surface area contributed by atoms with Crippen molar-refractivity contribution in [1.29, 1.82) is 0 Å². The van der Waals surface area contributed by atoms with E-state index in [9.17, 15) is 22.4 Å². The van der Waals surface area contributed by atoms with Crippen molar-refractivity contribution in [3.05, 3.63) is 63.1 Å². The fraction of sp³-hybridized carbons (Fsp3) is 0.231. The Balaban J connectivity index is 2.54. The summed E-state index contributed by atoms with van der Waals surface area (Å²) in [5.41, 5.74) is -2.35. The minimum Gasteiger partial charge on any atom is -0.311 e. The molecule has 7 heteroatoms. The lowest BCUT2D eigenvalue weighted by Crippen LogP contribution is -2.24. The largest absolute Gasteiger partial charge is 0.433 e. The van der Waals surface area contributed by atoms with Gasteiger partial charge in [-0.25, -0.2) is 9.37 Å². The number of aryl methyl sites for hydroxylation is 1. The number of hydrogen-bond donors (Lipinski definition) is 1. The van der Waals surface area contributed by atoms with Crippen LogP contribution in [-0.2, 0) is 12.6 Å². The van der Waals surface area contributed by atoms with Crippen LogP contribution in [0.2, 0.25) is 0 Å². The summed E-state index contributed by atoms with van der Waals surface area (Å²) in [4.78, 5) is 17.3. The molecule has 0 aliphatic rings. The molecule has 1 aromatic heterocycles. The highest BCUT2D eigenvalue weighted by Crippen LogP contribution is 2.30. The van der Waals surface area contributed by atoms with E-state index in [0.29, 0.717) is 0 Å². The van der Waals surface area contributed by atoms with Crippen molar-refractivity contribution in [3.63, 3.8) is 0 Å². The minimum atomic E-state index is -4.73. The van der Waals surface area contributed by atoms with Crippen molar-refractivity contribution in [3.8, 4) is 0 Å². The first-order valence-corrected chi connectivity index (χ1v) is 5.69. The Morgan fingerprint density at radius 2 is 2.00 bits per heavy atom. The lowest BCUT2D eigenvalue weighted by Gasteiger charge is -2.11. The van der Waals surface area contributed by atoms with Gasteiger partial charge in [0.2, 0.25) is 0 Å². The number of hydrogen-bond acceptors (Lipinski definition) is 2. The molecule has 0 unspecified atom stereocenters. The second-order valence-electron chi connectivity index (χ2n) is 4.28. The average molecular weight is 286 g/mol. The zero-order valence-electron chi connectivity index (χ0n) is 10.4. The van der Waals surface area contributed by atoms with Gasteiger partial charge in [0.25, 0.3) is 5.56 Å². The van der Waals surface area contributed by atoms with Gasteiger partial charge in [-0.3, -0.25) is 4.79 Å². The Kier molecular flexibility index (Phi) is 3.61. The molecule has 0 aliphatic heterocycles. The van der Waals surface area contributed by atoms with E-state index in [2.05, 4.69) is 9.97 Å². The number of nitrogens with zero attached hydrogens (tertiary/aromatic N) is 1. The SMILES string of the molecule is Cc1nc(C(F)(F)F)c(Cc2cccc(F)c2)c(=O)[nH]1. The summed E-state index contributed by atoms with van der Waals surface area (Å²) in [7, 11) is 0. The Hall–Kier alpha value is -2.18. The topological polar surface area (TPSA) is 45.8 Å². The van der Waals surface area contributed by atoms with Gasteiger partial charge in [0.05, 0.1) is 5.56 Å². The van der Waals surface area contributed by atoms with Crippen molar-refractivity contribution in [1.82, 2.24) is 9.97 Å². The lowest BCUT2D eigenvalue weighted by molar-refractivity contribution is -0.142. The van der Waals surface area contributed by atoms with Crippen molar-refractivity contribution in [2.75, 3.05) is 0 Å². The van der Waals surface area contributed by atoms with Crippen LogP contribution in [0.5, 0.6) is 0 Å². The van der Waals surface area contributed by atoms with Gasteiger partial charge in [-0.05, 0) is 24.6 Å². The van der Waals surface area contributed by atoms with Gasteiger partial charge in [-0.15, -0.1) is 0 Å². The molecule has 20 heavy (non-hydrogen) atoms. The zero-order chi connectivity index (χ0) is 14.9. The summed E-state index contributed by atoms with van der Waals surface area (Å²) in [5.74, 6) is -0.696. The molecule has 0 radical (unpaired) electrons. The van der Waals surface area contributed by atoms with Crippen LogP contribution in [-0.4, -0.2) is 9.97 Å². The summed E-state index contributed by atoms with van der Waals surface area (Å²) < 4.78 is 51.7. The average Bonchev–Trinajstić information content (AvgIpc) is 2.31. The summed E-state index contributed by atoms with van der Waals surface area (Å²) in [6, 6.07) is 5.07. The maximum atomic E-state index is 13.0. The van der Waals surface area contributed by atoms with Gasteiger partial charge >= 0.3 is 6.18 Å². The number of aromatic nitrogens is 2. The lowest BCUT2D eigenvalue weighted by atomic mass is 10.0. The Labute approximate surface area is 111 Å². The second-order valence-corrected chi connectivity index (χ2v) is 4.28. The highest BCUT2D eigenvalue weighted by molar-refractivity contribution is 5.29. The van der Waals surface area contributed by atoms with Gasteiger partial charge in [-0.1, -0.05) is 12.1 Å². The molecule has 1 N–H and O–H groups in total. The molecular weight excluding hydrogens is 276 g/mol. The number of halogens is 4. The molecule has 1 heterocycles. The minimum absolute atomic E-state index is 0.120. The number of nitrogens with one attached hydrogen (secondary N) is 1. The standard InChI is InChI=1S/C13H10F4N2O/c1-7-18-11(13(15,16)17)10(12(20)19-7)6-8-3-2-4-9(14)5-8/h2-5H,6H2,1H3,(H,18,19,20). The number of alkyl halides is 3. The molecule has 2 rings (SSSR count). The summed E-state index contributed by atoms with van der Waals surface area (Å²) in [5, 5.41) is 0. The first-order valence-electron chi connectivity index (χ1n) is 5.69. The molecule has 0 saturated carbocycles. The predicted molar refractivity (Wildman–Crippen MR) is 63.8 cm³/mol. The Bertz CT molecular complexity index is 692. The molecule has 0 aliphatic carbocycles. The normalized spacial score (nSPS) is 11.7. The molecule has 106 valence electrons. The fourth-order valence-electron chi connectivity index (χ4n) is 1.86. The van der Waals surface area contributed by atoms with E-state index in [1.165, 1.54) is 25.1 Å². The quantitative estimate of drug-likeness (QED) is 0.863. The molecule has 0 saturated heterocycles. The van der Waals surface area contributed by atoms with Crippen molar-refractivity contribution in [2.45, 2.75) is 19.5 Å². The van der Waals surface area contributed by atoms with Crippen LogP contribution in [0.3, 0.4) is 0 Å². The van der Waals surface area contributed by atoms with Gasteiger partial charge in [-0.2, -0.15) is 13.2 Å². The van der Waals surface area contributed by atoms with Crippen LogP contribution in [0.4, 0.5) is 17.6 Å². The third kappa shape index (κ3) is 3.04. The summed E-state index contributed by atoms with van der Waals surface area (Å²) >= 11 is 0. The predicted octanol–water partition coefficient (Wildman–Crippen LogP) is 2.83. The van der Waals surface area contributed by atoms with Crippen molar-refractivity contribution in [2.24, 2.45) is 0 Å². The smallest absolute Gasteiger partial charge is 0.311 e. The second kappa shape index (κ2) is 5.07. The maximum Gasteiger partial charge on any atom is 0.433 e. The van der Waals surface area contributed by atoms with E-state index in [-0.39, 0.29) is 17.8 Å². The number of benzene rings is 1. The molecular formula is C13H10F4N2O. The van der Waals surface area contributed by atoms with Gasteiger partial charge in [0.15, 0.2) is 5.69 Å². The van der Waals surface area contributed by atoms with Crippen LogP contribution in [0.25, 0.3) is 0 Å². The number of aromatic amines is 1. The van der Waals surface area contributed by atoms with E-state index >= 15 is 0 Å². The fourth-order valence-corrected chi connectivity index (χ4v) is 1.86. The first-order chi connectivity index (χ1) is 9.27. The van der Waals surface area contributed by atoms with E-state index in [1.54, 1.807) is 0 Å². The Morgan fingerprint density at radius 3 is 2.60 bits per heavy atom. The highest BCUT2D eigenvalue weighted by Gasteiger charge is 2.36. The van der Waals surface area contributed by atoms with E-state index in [0.717, 1.165) is 6.07 Å². The first kappa shape index (κ1) is 14.2. The molecule has 0 bridgehead atoms. The molecule has 1 aromatic carbocycles. The van der Waals surface area contributed by atoms with Crippen molar-refractivity contribution >= 4 is 0 Å². The van der Waals surface area contributed by atoms with Crippen LogP contribution in [0, 0.1) is 12.7 Å². The van der Waals surface area contributed by atoms with E-state index in [4.69, 9.17) is 0 Å². The van der Waals surface area contributed by atoms with Crippen LogP contribution < -0.4 is 5.56 Å². The monoisotopic (exact) mass is 286 g/mol. The number of rotatable bonds is 2. The zero-order valence-corrected chi connectivity index (χ0v) is 10.4. The number of H-pyrrole nitrogens is 1. The van der Waals surface area contributed by atoms with Gasteiger partial charge < -0.3 is 4.98 Å². The molecule has 0 amide bonds.